The predicted octanol–water partition coefficient (Wildman–Crippen LogP) is 3.16. The maximum absolute atomic E-state index is 11.1. The molecule has 1 aromatic carbocycles. The van der Waals surface area contributed by atoms with E-state index in [9.17, 15) is 4.79 Å². The highest BCUT2D eigenvalue weighted by atomic mass is 32.1. The minimum absolute atomic E-state index is 0.0146. The van der Waals surface area contributed by atoms with Crippen LogP contribution in [0.2, 0.25) is 0 Å². The summed E-state index contributed by atoms with van der Waals surface area (Å²) in [5, 5.41) is 10.2. The number of ether oxygens (including phenoxy) is 1. The molecule has 0 aliphatic carbocycles. The smallest absolute Gasteiger partial charge is 0.306 e. The zero-order valence-corrected chi connectivity index (χ0v) is 10.9. The molecular weight excluding hydrogens is 248 g/mol. The van der Waals surface area contributed by atoms with E-state index in [1.54, 1.807) is 11.3 Å². The first-order chi connectivity index (χ1) is 8.60. The Labute approximate surface area is 109 Å². The molecule has 1 aliphatic rings. The Morgan fingerprint density at radius 3 is 3.06 bits per heavy atom. The molecule has 0 spiro atoms. The van der Waals surface area contributed by atoms with Gasteiger partial charge in [0.05, 0.1) is 13.0 Å². The average molecular weight is 262 g/mol. The van der Waals surface area contributed by atoms with Crippen molar-refractivity contribution >= 4 is 27.4 Å². The van der Waals surface area contributed by atoms with Crippen molar-refractivity contribution in [2.45, 2.75) is 25.4 Å². The average Bonchev–Trinajstić information content (AvgIpc) is 2.67. The molecule has 2 aromatic rings. The normalized spacial score (nSPS) is 22.9. The van der Waals surface area contributed by atoms with Gasteiger partial charge in [-0.1, -0.05) is 18.2 Å². The van der Waals surface area contributed by atoms with Crippen molar-refractivity contribution in [1.82, 2.24) is 0 Å². The van der Waals surface area contributed by atoms with Gasteiger partial charge in [0, 0.05) is 21.6 Å². The van der Waals surface area contributed by atoms with Gasteiger partial charge in [0.2, 0.25) is 0 Å². The van der Waals surface area contributed by atoms with E-state index in [1.807, 2.05) is 19.1 Å². The largest absolute Gasteiger partial charge is 0.481 e. The lowest BCUT2D eigenvalue weighted by Gasteiger charge is -2.33. The second-order valence-electron chi connectivity index (χ2n) is 4.80. The minimum atomic E-state index is -0.819. The molecule has 0 saturated carbocycles. The van der Waals surface area contributed by atoms with Gasteiger partial charge in [-0.3, -0.25) is 4.79 Å². The van der Waals surface area contributed by atoms with Crippen LogP contribution in [0.1, 0.15) is 23.8 Å². The van der Waals surface area contributed by atoms with Gasteiger partial charge in [0.25, 0.3) is 0 Å². The second-order valence-corrected chi connectivity index (χ2v) is 5.93. The number of rotatable bonds is 2. The zero-order valence-electron chi connectivity index (χ0n) is 10.1. The van der Waals surface area contributed by atoms with E-state index < -0.39 is 11.6 Å². The van der Waals surface area contributed by atoms with Crippen LogP contribution < -0.4 is 0 Å². The summed E-state index contributed by atoms with van der Waals surface area (Å²) in [6.07, 6.45) is 0.893. The number of carboxylic acid groups (broad SMARTS) is 1. The van der Waals surface area contributed by atoms with Crippen LogP contribution in [-0.2, 0) is 21.6 Å². The topological polar surface area (TPSA) is 46.5 Å². The minimum Gasteiger partial charge on any atom is -0.481 e. The van der Waals surface area contributed by atoms with Gasteiger partial charge in [0.1, 0.15) is 5.60 Å². The van der Waals surface area contributed by atoms with Crippen molar-refractivity contribution in [1.29, 1.82) is 0 Å². The summed E-state index contributed by atoms with van der Waals surface area (Å²) in [4.78, 5) is 12.3. The third-order valence-corrected chi connectivity index (χ3v) is 4.67. The Morgan fingerprint density at radius 1 is 1.50 bits per heavy atom. The predicted molar refractivity (Wildman–Crippen MR) is 71.1 cm³/mol. The molecule has 1 unspecified atom stereocenters. The first-order valence-electron chi connectivity index (χ1n) is 5.97. The molecule has 1 atom stereocenters. The molecule has 1 aromatic heterocycles. The molecule has 2 heterocycles. The summed E-state index contributed by atoms with van der Waals surface area (Å²) in [6.45, 7) is 2.49. The van der Waals surface area contributed by atoms with Crippen molar-refractivity contribution in [2.24, 2.45) is 0 Å². The van der Waals surface area contributed by atoms with Crippen LogP contribution in [-0.4, -0.2) is 17.7 Å². The fourth-order valence-corrected chi connectivity index (χ4v) is 4.03. The van der Waals surface area contributed by atoms with Gasteiger partial charge in [-0.2, -0.15) is 0 Å². The standard InChI is InChI=1S/C14H14O3S/c1-14(8-12(15)16)13-9-4-2-3-5-10(9)18-11(13)6-7-17-14/h2-5H,6-8H2,1H3,(H,15,16). The molecule has 0 bridgehead atoms. The lowest BCUT2D eigenvalue weighted by Crippen LogP contribution is -2.34. The lowest BCUT2D eigenvalue weighted by molar-refractivity contribution is -0.146. The van der Waals surface area contributed by atoms with Gasteiger partial charge >= 0.3 is 5.97 Å². The van der Waals surface area contributed by atoms with Gasteiger partial charge in [-0.15, -0.1) is 11.3 Å². The SMILES string of the molecule is CC1(CC(=O)O)OCCc2sc3ccccc3c21. The number of benzene rings is 1. The summed E-state index contributed by atoms with van der Waals surface area (Å²) < 4.78 is 7.01. The fourth-order valence-electron chi connectivity index (χ4n) is 2.72. The van der Waals surface area contributed by atoms with Crippen LogP contribution in [0.5, 0.6) is 0 Å². The number of carbonyl (C=O) groups is 1. The summed E-state index contributed by atoms with van der Waals surface area (Å²) in [7, 11) is 0. The maximum Gasteiger partial charge on any atom is 0.306 e. The van der Waals surface area contributed by atoms with E-state index in [0.717, 1.165) is 17.4 Å². The Bertz CT molecular complexity index is 617. The molecular formula is C14H14O3S. The van der Waals surface area contributed by atoms with Crippen LogP contribution in [0.3, 0.4) is 0 Å². The zero-order chi connectivity index (χ0) is 12.8. The number of thiophene rings is 1. The van der Waals surface area contributed by atoms with Gasteiger partial charge in [-0.05, 0) is 18.4 Å². The van der Waals surface area contributed by atoms with E-state index in [4.69, 9.17) is 9.84 Å². The number of hydrogen-bond donors (Lipinski definition) is 1. The maximum atomic E-state index is 11.1. The monoisotopic (exact) mass is 262 g/mol. The van der Waals surface area contributed by atoms with E-state index in [-0.39, 0.29) is 6.42 Å². The molecule has 1 N–H and O–H groups in total. The first kappa shape index (κ1) is 11.7. The molecule has 0 radical (unpaired) electrons. The van der Waals surface area contributed by atoms with E-state index >= 15 is 0 Å². The van der Waals surface area contributed by atoms with Crippen LogP contribution in [0.25, 0.3) is 10.1 Å². The van der Waals surface area contributed by atoms with Gasteiger partial charge < -0.3 is 9.84 Å². The van der Waals surface area contributed by atoms with Crippen molar-refractivity contribution < 1.29 is 14.6 Å². The van der Waals surface area contributed by atoms with Crippen LogP contribution in [0.4, 0.5) is 0 Å². The molecule has 0 fully saturated rings. The van der Waals surface area contributed by atoms with Crippen LogP contribution in [0.15, 0.2) is 24.3 Å². The van der Waals surface area contributed by atoms with Crippen molar-refractivity contribution in [3.63, 3.8) is 0 Å². The van der Waals surface area contributed by atoms with Crippen LogP contribution >= 0.6 is 11.3 Å². The number of hydrogen-bond acceptors (Lipinski definition) is 3. The number of fused-ring (bicyclic) bond motifs is 3. The second kappa shape index (κ2) is 4.07. The Kier molecular flexibility index (Phi) is 2.64. The lowest BCUT2D eigenvalue weighted by atomic mass is 9.87. The highest BCUT2D eigenvalue weighted by Gasteiger charge is 2.38. The molecule has 3 nitrogen and oxygen atoms in total. The summed E-state index contributed by atoms with van der Waals surface area (Å²) in [5.74, 6) is -0.819. The summed E-state index contributed by atoms with van der Waals surface area (Å²) in [6, 6.07) is 8.14. The summed E-state index contributed by atoms with van der Waals surface area (Å²) >= 11 is 1.76. The first-order valence-corrected chi connectivity index (χ1v) is 6.78. The molecule has 94 valence electrons. The van der Waals surface area contributed by atoms with E-state index in [2.05, 4.69) is 12.1 Å². The fraction of sp³-hybridized carbons (Fsp3) is 0.357. The Hall–Kier alpha value is -1.39. The molecule has 4 heteroatoms. The number of carboxylic acids is 1. The third-order valence-electron chi connectivity index (χ3n) is 3.44. The number of aliphatic carboxylic acids is 1. The highest BCUT2D eigenvalue weighted by Crippen LogP contribution is 2.44. The molecule has 0 amide bonds. The van der Waals surface area contributed by atoms with E-state index in [1.165, 1.54) is 9.58 Å². The quantitative estimate of drug-likeness (QED) is 0.904. The van der Waals surface area contributed by atoms with E-state index in [0.29, 0.717) is 6.61 Å². The summed E-state index contributed by atoms with van der Waals surface area (Å²) in [5.41, 5.74) is 0.385. The Morgan fingerprint density at radius 2 is 2.28 bits per heavy atom. The molecule has 3 rings (SSSR count). The van der Waals surface area contributed by atoms with Gasteiger partial charge in [0.15, 0.2) is 0 Å². The molecule has 0 saturated heterocycles. The van der Waals surface area contributed by atoms with Gasteiger partial charge in [-0.25, -0.2) is 0 Å². The molecule has 1 aliphatic heterocycles. The van der Waals surface area contributed by atoms with Crippen molar-refractivity contribution in [2.75, 3.05) is 6.61 Å². The molecule has 18 heavy (non-hydrogen) atoms. The Balaban J connectivity index is 2.22. The third kappa shape index (κ3) is 1.72. The van der Waals surface area contributed by atoms with Crippen molar-refractivity contribution in [3.05, 3.63) is 34.7 Å². The van der Waals surface area contributed by atoms with Crippen LogP contribution in [0, 0.1) is 0 Å². The highest BCUT2D eigenvalue weighted by molar-refractivity contribution is 7.19. The van der Waals surface area contributed by atoms with Crippen molar-refractivity contribution in [3.8, 4) is 0 Å².